The minimum Gasteiger partial charge on any atom is -0.467 e. The number of benzene rings is 1. The summed E-state index contributed by atoms with van der Waals surface area (Å²) in [4.78, 5) is 19.1. The number of carbonyl (C=O) groups is 1. The Balaban J connectivity index is 1.66. The molecule has 7 heteroatoms. The molecule has 2 aromatic heterocycles. The van der Waals surface area contributed by atoms with Crippen molar-refractivity contribution in [1.29, 1.82) is 0 Å². The summed E-state index contributed by atoms with van der Waals surface area (Å²) in [5.74, 6) is 2.07. The Labute approximate surface area is 176 Å². The lowest BCUT2D eigenvalue weighted by atomic mass is 10.1. The average molecular weight is 413 g/mol. The fourth-order valence-corrected chi connectivity index (χ4v) is 3.50. The van der Waals surface area contributed by atoms with E-state index in [0.717, 1.165) is 16.7 Å². The van der Waals surface area contributed by atoms with Crippen molar-refractivity contribution in [1.82, 2.24) is 14.7 Å². The molecule has 0 saturated carbocycles. The number of nitrogens with one attached hydrogen (secondary N) is 1. The molecule has 2 heterocycles. The van der Waals surface area contributed by atoms with Crippen molar-refractivity contribution in [3.05, 3.63) is 65.9 Å². The molecule has 0 fully saturated rings. The number of amides is 1. The van der Waals surface area contributed by atoms with Crippen LogP contribution in [-0.4, -0.2) is 27.9 Å². The van der Waals surface area contributed by atoms with Gasteiger partial charge in [-0.2, -0.15) is 4.37 Å². The lowest BCUT2D eigenvalue weighted by Gasteiger charge is -2.22. The highest BCUT2D eigenvalue weighted by Gasteiger charge is 2.17. The van der Waals surface area contributed by atoms with Gasteiger partial charge in [0.15, 0.2) is 0 Å². The van der Waals surface area contributed by atoms with E-state index >= 15 is 0 Å². The second-order valence-corrected chi connectivity index (χ2v) is 8.24. The summed E-state index contributed by atoms with van der Waals surface area (Å²) in [5.41, 5.74) is 1.18. The minimum absolute atomic E-state index is 0.0460. The number of hydrogen-bond acceptors (Lipinski definition) is 6. The predicted octanol–water partition coefficient (Wildman–Crippen LogP) is 4.28. The molecule has 0 aliphatic rings. The van der Waals surface area contributed by atoms with Gasteiger partial charge in [-0.05, 0) is 30.5 Å². The Morgan fingerprint density at radius 1 is 1.17 bits per heavy atom. The Morgan fingerprint density at radius 3 is 2.66 bits per heavy atom. The summed E-state index contributed by atoms with van der Waals surface area (Å²) in [5, 5.41) is 3.86. The Morgan fingerprint density at radius 2 is 1.97 bits per heavy atom. The maximum Gasteiger partial charge on any atom is 0.221 e. The molecule has 6 nitrogen and oxygen atoms in total. The first kappa shape index (κ1) is 21.0. The van der Waals surface area contributed by atoms with Crippen LogP contribution >= 0.6 is 11.5 Å². The van der Waals surface area contributed by atoms with Gasteiger partial charge in [-0.3, -0.25) is 4.79 Å². The number of rotatable bonds is 10. The lowest BCUT2D eigenvalue weighted by Crippen LogP contribution is -2.38. The van der Waals surface area contributed by atoms with E-state index < -0.39 is 0 Å². The van der Waals surface area contributed by atoms with Gasteiger partial charge >= 0.3 is 0 Å². The zero-order chi connectivity index (χ0) is 20.6. The van der Waals surface area contributed by atoms with Gasteiger partial charge in [-0.25, -0.2) is 4.98 Å². The topological polar surface area (TPSA) is 71.3 Å². The van der Waals surface area contributed by atoms with Crippen LogP contribution in [0.3, 0.4) is 0 Å². The van der Waals surface area contributed by atoms with Crippen LogP contribution in [0.15, 0.2) is 53.1 Å². The van der Waals surface area contributed by atoms with Crippen molar-refractivity contribution in [2.45, 2.75) is 46.2 Å². The molecule has 1 amide bonds. The van der Waals surface area contributed by atoms with Crippen molar-refractivity contribution in [2.24, 2.45) is 5.92 Å². The molecule has 0 aliphatic carbocycles. The van der Waals surface area contributed by atoms with Crippen LogP contribution in [0.5, 0.6) is 0 Å². The quantitative estimate of drug-likeness (QED) is 0.538. The molecule has 0 spiro atoms. The van der Waals surface area contributed by atoms with E-state index in [-0.39, 0.29) is 11.9 Å². The highest BCUT2D eigenvalue weighted by molar-refractivity contribution is 7.09. The van der Waals surface area contributed by atoms with Crippen LogP contribution in [0.4, 0.5) is 5.13 Å². The zero-order valence-corrected chi connectivity index (χ0v) is 18.0. The first-order valence-corrected chi connectivity index (χ1v) is 10.7. The largest absolute Gasteiger partial charge is 0.467 e. The summed E-state index contributed by atoms with van der Waals surface area (Å²) in [7, 11) is 0. The third kappa shape index (κ3) is 6.42. The molecule has 154 valence electrons. The van der Waals surface area contributed by atoms with Crippen molar-refractivity contribution < 1.29 is 9.21 Å². The zero-order valence-electron chi connectivity index (χ0n) is 17.2. The van der Waals surface area contributed by atoms with E-state index in [9.17, 15) is 4.79 Å². The summed E-state index contributed by atoms with van der Waals surface area (Å²) in [6.07, 6.45) is 2.75. The SMILES string of the molecule is CC(C)C(C)NC(=O)CCN(Cc1ccco1)c1nc(Cc2ccccc2)ns1. The van der Waals surface area contributed by atoms with Gasteiger partial charge in [-0.1, -0.05) is 44.2 Å². The lowest BCUT2D eigenvalue weighted by molar-refractivity contribution is -0.121. The standard InChI is InChI=1S/C22H28N4O2S/c1-16(2)17(3)23-21(27)11-12-26(15-19-10-7-13-28-19)22-24-20(25-29-22)14-18-8-5-4-6-9-18/h4-10,13,16-17H,11-12,14-15H2,1-3H3,(H,23,27). The molecular formula is C22H28N4O2S. The van der Waals surface area contributed by atoms with Gasteiger partial charge in [0.25, 0.3) is 0 Å². The van der Waals surface area contributed by atoms with E-state index in [0.29, 0.717) is 31.8 Å². The van der Waals surface area contributed by atoms with Crippen molar-refractivity contribution in [3.63, 3.8) is 0 Å². The number of nitrogens with zero attached hydrogens (tertiary/aromatic N) is 3. The maximum absolute atomic E-state index is 12.3. The number of furan rings is 1. The highest BCUT2D eigenvalue weighted by atomic mass is 32.1. The van der Waals surface area contributed by atoms with Crippen molar-refractivity contribution in [3.8, 4) is 0 Å². The summed E-state index contributed by atoms with van der Waals surface area (Å²) in [6.45, 7) is 7.34. The molecular weight excluding hydrogens is 384 g/mol. The fraction of sp³-hybridized carbons (Fsp3) is 0.409. The summed E-state index contributed by atoms with van der Waals surface area (Å²) >= 11 is 1.36. The molecule has 3 aromatic rings. The van der Waals surface area contributed by atoms with E-state index in [1.807, 2.05) is 37.3 Å². The molecule has 1 atom stereocenters. The minimum atomic E-state index is 0.0460. The highest BCUT2D eigenvalue weighted by Crippen LogP contribution is 2.22. The van der Waals surface area contributed by atoms with Crippen LogP contribution in [0.1, 0.15) is 44.3 Å². The van der Waals surface area contributed by atoms with Gasteiger partial charge in [0.05, 0.1) is 12.8 Å². The molecule has 3 rings (SSSR count). The van der Waals surface area contributed by atoms with Crippen LogP contribution in [0, 0.1) is 5.92 Å². The first-order valence-electron chi connectivity index (χ1n) is 9.94. The molecule has 0 saturated heterocycles. The molecule has 29 heavy (non-hydrogen) atoms. The van der Waals surface area contributed by atoms with Crippen molar-refractivity contribution >= 4 is 22.6 Å². The third-order valence-electron chi connectivity index (χ3n) is 4.86. The molecule has 0 radical (unpaired) electrons. The number of hydrogen-bond donors (Lipinski definition) is 1. The van der Waals surface area contributed by atoms with Crippen molar-refractivity contribution in [2.75, 3.05) is 11.4 Å². The molecule has 0 aliphatic heterocycles. The van der Waals surface area contributed by atoms with Gasteiger partial charge in [-0.15, -0.1) is 0 Å². The Hall–Kier alpha value is -2.67. The summed E-state index contributed by atoms with van der Waals surface area (Å²) < 4.78 is 10.0. The Kier molecular flexibility index (Phi) is 7.41. The predicted molar refractivity (Wildman–Crippen MR) is 116 cm³/mol. The van der Waals surface area contributed by atoms with Gasteiger partial charge in [0, 0.05) is 37.0 Å². The number of anilines is 1. The molecule has 0 bridgehead atoms. The summed E-state index contributed by atoms with van der Waals surface area (Å²) in [6, 6.07) is 14.1. The molecule has 1 unspecified atom stereocenters. The van der Waals surface area contributed by atoms with E-state index in [1.54, 1.807) is 6.26 Å². The maximum atomic E-state index is 12.3. The first-order chi connectivity index (χ1) is 14.0. The second kappa shape index (κ2) is 10.2. The number of aromatic nitrogens is 2. The monoisotopic (exact) mass is 412 g/mol. The van der Waals surface area contributed by atoms with Crippen LogP contribution in [0.2, 0.25) is 0 Å². The van der Waals surface area contributed by atoms with Crippen LogP contribution < -0.4 is 10.2 Å². The molecule has 1 aromatic carbocycles. The van der Waals surface area contributed by atoms with E-state index in [4.69, 9.17) is 9.40 Å². The van der Waals surface area contributed by atoms with Gasteiger partial charge in [0.1, 0.15) is 11.6 Å². The van der Waals surface area contributed by atoms with Gasteiger partial charge < -0.3 is 14.6 Å². The van der Waals surface area contributed by atoms with E-state index in [2.05, 4.69) is 40.6 Å². The molecule has 1 N–H and O–H groups in total. The van der Waals surface area contributed by atoms with E-state index in [1.165, 1.54) is 17.1 Å². The third-order valence-corrected chi connectivity index (χ3v) is 5.67. The Bertz CT molecular complexity index is 877. The fourth-order valence-electron chi connectivity index (χ4n) is 2.79. The smallest absolute Gasteiger partial charge is 0.221 e. The number of carbonyl (C=O) groups excluding carboxylic acids is 1. The normalized spacial score (nSPS) is 12.1. The van der Waals surface area contributed by atoms with Crippen LogP contribution in [-0.2, 0) is 17.8 Å². The van der Waals surface area contributed by atoms with Gasteiger partial charge in [0.2, 0.25) is 11.0 Å². The average Bonchev–Trinajstić information content (AvgIpc) is 3.38. The second-order valence-electron chi connectivity index (χ2n) is 7.51. The van der Waals surface area contributed by atoms with Crippen LogP contribution in [0.25, 0.3) is 0 Å².